The number of methoxy groups -OCH3 is 8. The Morgan fingerprint density at radius 2 is 0.448 bits per heavy atom. The van der Waals surface area contributed by atoms with E-state index in [1.807, 2.05) is 133 Å². The summed E-state index contributed by atoms with van der Waals surface area (Å²) in [5.74, 6) is 5.75. The minimum Gasteiger partial charge on any atom is -0.497 e. The summed E-state index contributed by atoms with van der Waals surface area (Å²) in [5, 5.41) is 1.98. The summed E-state index contributed by atoms with van der Waals surface area (Å²) in [6.45, 7) is 0. The van der Waals surface area contributed by atoms with Crippen LogP contribution in [0.1, 0.15) is 0 Å². The van der Waals surface area contributed by atoms with Gasteiger partial charge in [0, 0.05) is 110 Å². The lowest BCUT2D eigenvalue weighted by molar-refractivity contribution is 0.414. The Morgan fingerprint density at radius 3 is 0.724 bits per heavy atom. The van der Waals surface area contributed by atoms with Crippen LogP contribution in [0.2, 0.25) is 0 Å². The first kappa shape index (κ1) is 56.3. The van der Waals surface area contributed by atoms with Gasteiger partial charge in [-0.3, -0.25) is 0 Å². The first-order valence-corrected chi connectivity index (χ1v) is 28.3. The zero-order valence-electron chi connectivity index (χ0n) is 49.7. The molecule has 0 saturated carbocycles. The van der Waals surface area contributed by atoms with Crippen molar-refractivity contribution in [2.75, 3.05) is 76.5 Å². The topological polar surface area (TPSA) is 91.7 Å². The number of hydrogen-bond acceptors (Lipinski definition) is 12. The van der Waals surface area contributed by atoms with Gasteiger partial charge in [-0.1, -0.05) is 42.5 Å². The fourth-order valence-corrected chi connectivity index (χ4v) is 11.3. The molecule has 12 rings (SSSR count). The van der Waals surface area contributed by atoms with Crippen LogP contribution >= 0.6 is 0 Å². The van der Waals surface area contributed by atoms with Gasteiger partial charge >= 0.3 is 0 Å². The minimum absolute atomic E-state index is 0.703. The summed E-state index contributed by atoms with van der Waals surface area (Å²) >= 11 is 0. The number of anilines is 12. The zero-order valence-corrected chi connectivity index (χ0v) is 49.7. The van der Waals surface area contributed by atoms with Crippen molar-refractivity contribution in [3.63, 3.8) is 0 Å². The lowest BCUT2D eigenvalue weighted by Crippen LogP contribution is -2.15. The Hall–Kier alpha value is -11.2. The maximum Gasteiger partial charge on any atom is 0.120 e. The Balaban J connectivity index is 1.19. The van der Waals surface area contributed by atoms with Gasteiger partial charge in [-0.15, -0.1) is 0 Å². The highest BCUT2D eigenvalue weighted by Gasteiger charge is 2.25. The second-order valence-electron chi connectivity index (χ2n) is 20.4. The van der Waals surface area contributed by atoms with Gasteiger partial charge in [0.05, 0.1) is 85.0 Å². The van der Waals surface area contributed by atoms with Crippen LogP contribution in [-0.4, -0.2) is 61.4 Å². The number of hydrogen-bond donors (Lipinski definition) is 0. The smallest absolute Gasteiger partial charge is 0.120 e. The molecule has 0 fully saturated rings. The number of nitrogens with zero attached hydrogens (tertiary/aromatic N) is 5. The van der Waals surface area contributed by atoms with Gasteiger partial charge < -0.3 is 62.1 Å². The molecule has 0 spiro atoms. The first-order chi connectivity index (χ1) is 42.7. The normalized spacial score (nSPS) is 11.0. The minimum atomic E-state index is 0.703. The van der Waals surface area contributed by atoms with Crippen LogP contribution in [0.3, 0.4) is 0 Å². The molecule has 0 unspecified atom stereocenters. The third kappa shape index (κ3) is 11.4. The SMILES string of the molecule is COc1ccc(N(c2cccc(OC)c2)c2ccc3c(c2)c2cc(N(c4cccc(OC)c4)c4cccc(OC)c4)ccc2n3-c2cc(N(c3cccc(OC)c3)c3cccc(OC)c3)cc(N(c3cccc(OC)c3)c3cccc(OC)c3)c2)cc1. The van der Waals surface area contributed by atoms with E-state index < -0.39 is 0 Å². The molecular formula is C74H65N5O8. The maximum atomic E-state index is 5.91. The van der Waals surface area contributed by atoms with E-state index in [1.165, 1.54) is 0 Å². The molecule has 1 aromatic heterocycles. The van der Waals surface area contributed by atoms with E-state index >= 15 is 0 Å². The number of ether oxygens (including phenoxy) is 8. The largest absolute Gasteiger partial charge is 0.497 e. The highest BCUT2D eigenvalue weighted by molar-refractivity contribution is 6.12. The standard InChI is InChI=1S/C74H65N5O8/c1-80-63-34-30-50(31-35-63)75(51-16-9-23-64(41-51)81-2)58-32-36-73-71(48-58)72-49-59(76(52-17-10-24-65(42-52)82-3)53-18-11-25-66(43-53)83-4)33-37-74(72)79(73)62-39-60(77(54-19-12-26-67(44-54)84-5)55-20-13-27-68(45-55)85-6)38-61(40-62)78(56-21-14-28-69(46-56)86-7)57-22-15-29-70(47-57)87-8/h9-49H,1-8H3. The Morgan fingerprint density at radius 1 is 0.207 bits per heavy atom. The van der Waals surface area contributed by atoms with Crippen molar-refractivity contribution in [2.45, 2.75) is 0 Å². The average Bonchev–Trinajstić information content (AvgIpc) is 1.85. The molecule has 13 heteroatoms. The monoisotopic (exact) mass is 1150 g/mol. The molecule has 1 heterocycles. The predicted octanol–water partition coefficient (Wildman–Crippen LogP) is 18.7. The van der Waals surface area contributed by atoms with Crippen molar-refractivity contribution in [1.29, 1.82) is 0 Å². The van der Waals surface area contributed by atoms with Crippen molar-refractivity contribution >= 4 is 90.1 Å². The second kappa shape index (κ2) is 25.0. The van der Waals surface area contributed by atoms with Gasteiger partial charge in [-0.05, 0) is 164 Å². The Bertz CT molecular complexity index is 4150. The van der Waals surface area contributed by atoms with Crippen molar-refractivity contribution in [1.82, 2.24) is 4.57 Å². The molecule has 434 valence electrons. The van der Waals surface area contributed by atoms with E-state index in [-0.39, 0.29) is 0 Å². The number of fused-ring (bicyclic) bond motifs is 3. The van der Waals surface area contributed by atoms with E-state index in [0.717, 1.165) is 119 Å². The molecule has 0 aliphatic rings. The van der Waals surface area contributed by atoms with Crippen LogP contribution in [-0.2, 0) is 0 Å². The molecule has 12 aromatic rings. The summed E-state index contributed by atoms with van der Waals surface area (Å²) in [4.78, 5) is 8.94. The van der Waals surface area contributed by atoms with Crippen molar-refractivity contribution in [3.8, 4) is 51.7 Å². The molecule has 0 aliphatic heterocycles. The zero-order chi connectivity index (χ0) is 60.0. The fourth-order valence-electron chi connectivity index (χ4n) is 11.3. The van der Waals surface area contributed by atoms with Crippen LogP contribution < -0.4 is 57.5 Å². The Kier molecular flexibility index (Phi) is 16.2. The third-order valence-electron chi connectivity index (χ3n) is 15.4. The summed E-state index contributed by atoms with van der Waals surface area (Å²) < 4.78 is 49.2. The molecule has 0 radical (unpaired) electrons. The molecule has 0 atom stereocenters. The van der Waals surface area contributed by atoms with Crippen LogP contribution in [0.5, 0.6) is 46.0 Å². The number of aromatic nitrogens is 1. The molecule has 13 nitrogen and oxygen atoms in total. The highest BCUT2D eigenvalue weighted by atomic mass is 16.5. The number of benzene rings is 11. The lowest BCUT2D eigenvalue weighted by atomic mass is 10.1. The van der Waals surface area contributed by atoms with Crippen molar-refractivity contribution in [2.24, 2.45) is 0 Å². The number of rotatable bonds is 21. The van der Waals surface area contributed by atoms with Crippen LogP contribution in [0.25, 0.3) is 27.5 Å². The van der Waals surface area contributed by atoms with E-state index in [1.54, 1.807) is 56.9 Å². The van der Waals surface area contributed by atoms with Gasteiger partial charge in [-0.2, -0.15) is 0 Å². The van der Waals surface area contributed by atoms with Gasteiger partial charge in [0.15, 0.2) is 0 Å². The molecule has 0 saturated heterocycles. The molecule has 87 heavy (non-hydrogen) atoms. The van der Waals surface area contributed by atoms with Gasteiger partial charge in [-0.25, -0.2) is 0 Å². The third-order valence-corrected chi connectivity index (χ3v) is 15.4. The molecule has 0 aliphatic carbocycles. The summed E-state index contributed by atoms with van der Waals surface area (Å²) in [5.41, 5.74) is 13.4. The van der Waals surface area contributed by atoms with Gasteiger partial charge in [0.25, 0.3) is 0 Å². The van der Waals surface area contributed by atoms with Crippen LogP contribution in [0.15, 0.2) is 249 Å². The quantitative estimate of drug-likeness (QED) is 0.0686. The molecular weight excluding hydrogens is 1090 g/mol. The van der Waals surface area contributed by atoms with Crippen molar-refractivity contribution < 1.29 is 37.9 Å². The van der Waals surface area contributed by atoms with Crippen LogP contribution in [0.4, 0.5) is 68.2 Å². The van der Waals surface area contributed by atoms with Crippen LogP contribution in [0, 0.1) is 0 Å². The summed E-state index contributed by atoms with van der Waals surface area (Å²) in [6, 6.07) is 84.9. The first-order valence-electron chi connectivity index (χ1n) is 28.3. The molecule has 0 amide bonds. The summed E-state index contributed by atoms with van der Waals surface area (Å²) in [6.07, 6.45) is 0. The van der Waals surface area contributed by atoms with E-state index in [4.69, 9.17) is 37.9 Å². The van der Waals surface area contributed by atoms with E-state index in [2.05, 4.69) is 139 Å². The summed E-state index contributed by atoms with van der Waals surface area (Å²) in [7, 11) is 13.5. The fraction of sp³-hybridized carbons (Fsp3) is 0.108. The predicted molar refractivity (Wildman–Crippen MR) is 352 cm³/mol. The van der Waals surface area contributed by atoms with E-state index in [0.29, 0.717) is 23.0 Å². The van der Waals surface area contributed by atoms with Crippen molar-refractivity contribution in [3.05, 3.63) is 249 Å². The lowest BCUT2D eigenvalue weighted by Gasteiger charge is -2.31. The second-order valence-corrected chi connectivity index (χ2v) is 20.4. The van der Waals surface area contributed by atoms with E-state index in [9.17, 15) is 0 Å². The van der Waals surface area contributed by atoms with Gasteiger partial charge in [0.2, 0.25) is 0 Å². The maximum absolute atomic E-state index is 5.91. The average molecular weight is 1150 g/mol. The molecule has 0 N–H and O–H groups in total. The molecule has 0 bridgehead atoms. The van der Waals surface area contributed by atoms with Gasteiger partial charge in [0.1, 0.15) is 46.0 Å². The highest BCUT2D eigenvalue weighted by Crippen LogP contribution is 2.48. The molecule has 11 aromatic carbocycles. The Labute approximate surface area is 507 Å².